The highest BCUT2D eigenvalue weighted by Crippen LogP contribution is 2.34. The molecule has 2 aromatic carbocycles. The van der Waals surface area contributed by atoms with Gasteiger partial charge in [-0.15, -0.1) is 0 Å². The minimum absolute atomic E-state index is 0.0228. The predicted molar refractivity (Wildman–Crippen MR) is 150 cm³/mol. The van der Waals surface area contributed by atoms with Gasteiger partial charge in [0.1, 0.15) is 21.7 Å². The fourth-order valence-electron chi connectivity index (χ4n) is 3.94. The second kappa shape index (κ2) is 11.2. The molecule has 4 rings (SSSR count). The molecule has 0 unspecified atom stereocenters. The maximum atomic E-state index is 13.4. The fraction of sp³-hybridized carbons (Fsp3) is 0.148. The number of Topliss-reactive ketones (excluding diaryl/α,β-unsaturated/α-hetero) is 1. The minimum atomic E-state index is -0.757. The van der Waals surface area contributed by atoms with Crippen LogP contribution in [0.2, 0.25) is 5.02 Å². The summed E-state index contributed by atoms with van der Waals surface area (Å²) in [5.41, 5.74) is 0.000701. The monoisotopic (exact) mass is 565 g/mol. The molecule has 0 spiro atoms. The van der Waals surface area contributed by atoms with Crippen LogP contribution in [0.4, 0.5) is 0 Å². The Morgan fingerprint density at radius 2 is 1.89 bits per heavy atom. The van der Waals surface area contributed by atoms with E-state index in [1.54, 1.807) is 61.7 Å². The number of thioether (sulfide) groups is 1. The number of carbonyl (C=O) groups excluding carboxylic acids is 2. The lowest BCUT2D eigenvalue weighted by atomic mass is 10.0. The number of nitriles is 1. The second-order valence-corrected chi connectivity index (χ2v) is 10.3. The number of carbonyl (C=O) groups is 2. The Balaban J connectivity index is 1.66. The van der Waals surface area contributed by atoms with Crippen LogP contribution in [0, 0.1) is 18.3 Å². The zero-order valence-corrected chi connectivity index (χ0v) is 22.6. The molecule has 0 radical (unpaired) electrons. The zero-order valence-electron chi connectivity index (χ0n) is 20.2. The number of ether oxygens (including phenoxy) is 1. The van der Waals surface area contributed by atoms with Crippen molar-refractivity contribution in [3.63, 3.8) is 0 Å². The molecule has 0 atom stereocenters. The highest BCUT2D eigenvalue weighted by molar-refractivity contribution is 8.26. The van der Waals surface area contributed by atoms with E-state index in [9.17, 15) is 24.8 Å². The van der Waals surface area contributed by atoms with Gasteiger partial charge in [-0.3, -0.25) is 23.9 Å². The number of rotatable bonds is 7. The van der Waals surface area contributed by atoms with E-state index in [0.717, 1.165) is 26.8 Å². The van der Waals surface area contributed by atoms with Gasteiger partial charge >= 0.3 is 0 Å². The molecule has 8 nitrogen and oxygen atoms in total. The van der Waals surface area contributed by atoms with E-state index in [-0.39, 0.29) is 27.6 Å². The van der Waals surface area contributed by atoms with Crippen LogP contribution in [0.1, 0.15) is 32.6 Å². The molecule has 1 amide bonds. The Labute approximate surface area is 232 Å². The van der Waals surface area contributed by atoms with Crippen LogP contribution >= 0.6 is 35.6 Å². The third kappa shape index (κ3) is 5.22. The highest BCUT2D eigenvalue weighted by Gasteiger charge is 2.35. The van der Waals surface area contributed by atoms with Gasteiger partial charge in [0.2, 0.25) is 5.88 Å². The summed E-state index contributed by atoms with van der Waals surface area (Å²) in [4.78, 5) is 40.9. The molecule has 1 fully saturated rings. The summed E-state index contributed by atoms with van der Waals surface area (Å²) in [6.45, 7) is 0.764. The third-order valence-corrected chi connectivity index (χ3v) is 7.70. The first-order valence-electron chi connectivity index (χ1n) is 11.2. The summed E-state index contributed by atoms with van der Waals surface area (Å²) in [5.74, 6) is -1.09. The topological polar surface area (TPSA) is 113 Å². The molecular formula is C27H20ClN3O5S2. The molecule has 1 saturated heterocycles. The molecule has 1 N–H and O–H groups in total. The van der Waals surface area contributed by atoms with E-state index in [1.807, 2.05) is 6.07 Å². The molecule has 0 saturated carbocycles. The maximum Gasteiger partial charge on any atom is 0.271 e. The van der Waals surface area contributed by atoms with E-state index < -0.39 is 29.7 Å². The lowest BCUT2D eigenvalue weighted by molar-refractivity contribution is -0.121. The number of aromatic nitrogens is 1. The lowest BCUT2D eigenvalue weighted by Gasteiger charge is -2.18. The third-order valence-electron chi connectivity index (χ3n) is 5.95. The number of hydrogen-bond donors (Lipinski definition) is 1. The number of methoxy groups -OCH3 is 1. The molecule has 2 heterocycles. The summed E-state index contributed by atoms with van der Waals surface area (Å²) in [5, 5.41) is 21.0. The van der Waals surface area contributed by atoms with Crippen LogP contribution in [0.25, 0.3) is 6.08 Å². The number of nitrogens with zero attached hydrogens (tertiary/aromatic N) is 3. The number of pyridine rings is 1. The van der Waals surface area contributed by atoms with Crippen molar-refractivity contribution < 1.29 is 19.4 Å². The molecular weight excluding hydrogens is 546 g/mol. The Morgan fingerprint density at radius 3 is 2.53 bits per heavy atom. The van der Waals surface area contributed by atoms with Gasteiger partial charge in [0, 0.05) is 5.02 Å². The van der Waals surface area contributed by atoms with Crippen LogP contribution < -0.4 is 10.3 Å². The van der Waals surface area contributed by atoms with Gasteiger partial charge in [0.15, 0.2) is 5.78 Å². The van der Waals surface area contributed by atoms with E-state index in [0.29, 0.717) is 21.2 Å². The van der Waals surface area contributed by atoms with Gasteiger partial charge < -0.3 is 9.84 Å². The Kier molecular flexibility index (Phi) is 8.02. The number of halogens is 1. The van der Waals surface area contributed by atoms with Crippen molar-refractivity contribution in [3.8, 4) is 17.7 Å². The van der Waals surface area contributed by atoms with Crippen molar-refractivity contribution >= 4 is 57.7 Å². The number of aromatic hydroxyl groups is 1. The largest absolute Gasteiger partial charge is 0.497 e. The molecule has 11 heteroatoms. The van der Waals surface area contributed by atoms with Crippen molar-refractivity contribution in [1.29, 1.82) is 5.26 Å². The quantitative estimate of drug-likeness (QED) is 0.253. The van der Waals surface area contributed by atoms with Gasteiger partial charge in [-0.25, -0.2) is 0 Å². The van der Waals surface area contributed by atoms with Crippen LogP contribution in [-0.4, -0.2) is 44.2 Å². The Hall–Kier alpha value is -3.91. The first-order chi connectivity index (χ1) is 18.2. The van der Waals surface area contributed by atoms with E-state index in [4.69, 9.17) is 28.6 Å². The molecule has 38 heavy (non-hydrogen) atoms. The standard InChI is InChI=1S/C27H20ClN3O5S2/c1-15-19(12-29)24(33)30(13-17-5-3-4-6-20(17)28)26(35)23(15)21(32)14-31-25(34)22(38-27(31)37)11-16-7-9-18(36-2)10-8-16/h3-11,35H,13-14H2,1-2H3/b22-11-. The molecule has 0 bridgehead atoms. The van der Waals surface area contributed by atoms with Gasteiger partial charge in [-0.1, -0.05) is 65.9 Å². The normalized spacial score (nSPS) is 14.2. The smallest absolute Gasteiger partial charge is 0.271 e. The van der Waals surface area contributed by atoms with Crippen molar-refractivity contribution in [3.05, 3.63) is 96.6 Å². The van der Waals surface area contributed by atoms with E-state index in [1.165, 1.54) is 6.92 Å². The van der Waals surface area contributed by atoms with Crippen LogP contribution in [0.15, 0.2) is 58.2 Å². The summed E-state index contributed by atoms with van der Waals surface area (Å²) < 4.78 is 6.24. The maximum absolute atomic E-state index is 13.4. The summed E-state index contributed by atoms with van der Waals surface area (Å²) in [7, 11) is 1.55. The number of benzene rings is 2. The summed E-state index contributed by atoms with van der Waals surface area (Å²) >= 11 is 12.6. The molecule has 1 aliphatic heterocycles. The average molecular weight is 566 g/mol. The van der Waals surface area contributed by atoms with E-state index >= 15 is 0 Å². The number of hydrogen-bond acceptors (Lipinski definition) is 8. The Morgan fingerprint density at radius 1 is 1.21 bits per heavy atom. The van der Waals surface area contributed by atoms with Crippen molar-refractivity contribution in [2.24, 2.45) is 0 Å². The fourth-order valence-corrected chi connectivity index (χ4v) is 5.39. The van der Waals surface area contributed by atoms with Gasteiger partial charge in [0.25, 0.3) is 11.5 Å². The first-order valence-corrected chi connectivity index (χ1v) is 12.8. The van der Waals surface area contributed by atoms with Crippen LogP contribution in [0.5, 0.6) is 11.6 Å². The molecule has 1 aliphatic rings. The minimum Gasteiger partial charge on any atom is -0.497 e. The van der Waals surface area contributed by atoms with Crippen molar-refractivity contribution in [2.45, 2.75) is 13.5 Å². The second-order valence-electron chi connectivity index (χ2n) is 8.26. The van der Waals surface area contributed by atoms with Crippen molar-refractivity contribution in [1.82, 2.24) is 9.47 Å². The zero-order chi connectivity index (χ0) is 27.6. The number of thiocarbonyl (C=S) groups is 1. The SMILES string of the molecule is COc1ccc(/C=C2\SC(=S)N(CC(=O)c3c(C)c(C#N)c(=O)n(Cc4ccccc4Cl)c3O)C2=O)cc1. The number of amides is 1. The van der Waals surface area contributed by atoms with Crippen molar-refractivity contribution in [2.75, 3.05) is 13.7 Å². The van der Waals surface area contributed by atoms with E-state index in [2.05, 4.69) is 0 Å². The molecule has 0 aliphatic carbocycles. The average Bonchev–Trinajstić information content (AvgIpc) is 3.15. The van der Waals surface area contributed by atoms with Gasteiger partial charge in [-0.2, -0.15) is 5.26 Å². The summed E-state index contributed by atoms with van der Waals surface area (Å²) in [6, 6.07) is 15.6. The predicted octanol–water partition coefficient (Wildman–Crippen LogP) is 4.53. The van der Waals surface area contributed by atoms with Crippen LogP contribution in [0.3, 0.4) is 0 Å². The summed E-state index contributed by atoms with van der Waals surface area (Å²) in [6.07, 6.45) is 1.66. The molecule has 3 aromatic rings. The first kappa shape index (κ1) is 27.1. The highest BCUT2D eigenvalue weighted by atomic mass is 35.5. The van der Waals surface area contributed by atoms with Gasteiger partial charge in [0.05, 0.1) is 30.7 Å². The molecule has 192 valence electrons. The lowest BCUT2D eigenvalue weighted by Crippen LogP contribution is -2.35. The van der Waals surface area contributed by atoms with Crippen LogP contribution in [-0.2, 0) is 11.3 Å². The van der Waals surface area contributed by atoms with Gasteiger partial charge in [-0.05, 0) is 47.9 Å². The molecule has 1 aromatic heterocycles. The Bertz CT molecular complexity index is 1610. The number of ketones is 1.